The number of hydrogen-bond acceptors (Lipinski definition) is 4. The molecule has 0 bridgehead atoms. The smallest absolute Gasteiger partial charge is 0.153 e. The molecule has 4 nitrogen and oxygen atoms in total. The fraction of sp³-hybridized carbons (Fsp3) is 0.357. The first-order valence-electron chi connectivity index (χ1n) is 6.52. The first kappa shape index (κ1) is 13.5. The maximum atomic E-state index is 6.20. The zero-order valence-corrected chi connectivity index (χ0v) is 13.2. The molecule has 0 radical (unpaired) electrons. The van der Waals surface area contributed by atoms with Crippen LogP contribution in [0.4, 0.5) is 0 Å². The second kappa shape index (κ2) is 5.14. The van der Waals surface area contributed by atoms with Crippen LogP contribution >= 0.6 is 22.9 Å². The Balaban J connectivity index is 2.01. The molecule has 0 N–H and O–H groups in total. The molecule has 0 atom stereocenters. The largest absolute Gasteiger partial charge is 0.262 e. The minimum atomic E-state index is 0.517. The second-order valence-corrected chi connectivity index (χ2v) is 5.98. The molecule has 0 aliphatic heterocycles. The third kappa shape index (κ3) is 2.21. The molecule has 6 heteroatoms. The molecule has 0 spiro atoms. The lowest BCUT2D eigenvalue weighted by atomic mass is 10.1. The molecule has 3 rings (SSSR count). The van der Waals surface area contributed by atoms with Gasteiger partial charge in [0.25, 0.3) is 0 Å². The molecule has 0 unspecified atom stereocenters. The number of thiophene rings is 1. The van der Waals surface area contributed by atoms with Gasteiger partial charge in [-0.1, -0.05) is 18.5 Å². The van der Waals surface area contributed by atoms with Gasteiger partial charge in [0.2, 0.25) is 0 Å². The standard InChI is InChI=1S/C14H15ClN4S/c1-4-10-8(2)18-19(9(10)3)7-12-16-13(15)11-5-6-20-14(11)17-12/h5-6H,4,7H2,1-3H3. The molecule has 0 aliphatic rings. The lowest BCUT2D eigenvalue weighted by Gasteiger charge is -2.05. The van der Waals surface area contributed by atoms with E-state index in [1.807, 2.05) is 23.1 Å². The lowest BCUT2D eigenvalue weighted by molar-refractivity contribution is 0.633. The zero-order valence-electron chi connectivity index (χ0n) is 11.6. The summed E-state index contributed by atoms with van der Waals surface area (Å²) in [5.74, 6) is 0.707. The van der Waals surface area contributed by atoms with Gasteiger partial charge in [-0.25, -0.2) is 9.97 Å². The maximum Gasteiger partial charge on any atom is 0.153 e. The van der Waals surface area contributed by atoms with Crippen molar-refractivity contribution in [3.8, 4) is 0 Å². The molecule has 0 aromatic carbocycles. The summed E-state index contributed by atoms with van der Waals surface area (Å²) in [6, 6.07) is 1.95. The van der Waals surface area contributed by atoms with Gasteiger partial charge in [-0.05, 0) is 37.3 Å². The average Bonchev–Trinajstić information content (AvgIpc) is 2.96. The molecule has 3 aromatic rings. The van der Waals surface area contributed by atoms with Gasteiger partial charge in [0.15, 0.2) is 5.82 Å². The number of fused-ring (bicyclic) bond motifs is 1. The molecule has 3 aromatic heterocycles. The van der Waals surface area contributed by atoms with Crippen molar-refractivity contribution in [2.24, 2.45) is 0 Å². The molecule has 0 saturated carbocycles. The van der Waals surface area contributed by atoms with E-state index in [2.05, 4.69) is 28.9 Å². The van der Waals surface area contributed by atoms with Gasteiger partial charge in [0.05, 0.1) is 5.69 Å². The van der Waals surface area contributed by atoms with Crippen molar-refractivity contribution in [1.82, 2.24) is 19.7 Å². The second-order valence-electron chi connectivity index (χ2n) is 4.73. The van der Waals surface area contributed by atoms with E-state index in [0.29, 0.717) is 17.5 Å². The number of hydrogen-bond donors (Lipinski definition) is 0. The quantitative estimate of drug-likeness (QED) is 0.692. The van der Waals surface area contributed by atoms with Gasteiger partial charge >= 0.3 is 0 Å². The summed E-state index contributed by atoms with van der Waals surface area (Å²) < 4.78 is 1.96. The van der Waals surface area contributed by atoms with Gasteiger partial charge in [0.1, 0.15) is 16.5 Å². The van der Waals surface area contributed by atoms with E-state index in [9.17, 15) is 0 Å². The topological polar surface area (TPSA) is 43.6 Å². The summed E-state index contributed by atoms with van der Waals surface area (Å²) in [5.41, 5.74) is 3.55. The zero-order chi connectivity index (χ0) is 14.3. The normalized spacial score (nSPS) is 11.4. The van der Waals surface area contributed by atoms with Crippen molar-refractivity contribution >= 4 is 33.2 Å². The minimum Gasteiger partial charge on any atom is -0.262 e. The summed E-state index contributed by atoms with van der Waals surface area (Å²) in [7, 11) is 0. The van der Waals surface area contributed by atoms with Crippen molar-refractivity contribution in [1.29, 1.82) is 0 Å². The van der Waals surface area contributed by atoms with Crippen LogP contribution in [0.2, 0.25) is 5.15 Å². The highest BCUT2D eigenvalue weighted by atomic mass is 35.5. The molecule has 0 saturated heterocycles. The molecular formula is C14H15ClN4S. The fourth-order valence-electron chi connectivity index (χ4n) is 2.46. The Labute approximate surface area is 126 Å². The highest BCUT2D eigenvalue weighted by Gasteiger charge is 2.12. The van der Waals surface area contributed by atoms with Crippen molar-refractivity contribution in [3.05, 3.63) is 39.4 Å². The van der Waals surface area contributed by atoms with Crippen LogP contribution in [0.15, 0.2) is 11.4 Å². The summed E-state index contributed by atoms with van der Waals surface area (Å²) in [6.45, 7) is 6.83. The van der Waals surface area contributed by atoms with Crippen molar-refractivity contribution in [2.75, 3.05) is 0 Å². The van der Waals surface area contributed by atoms with Crippen LogP contribution in [-0.4, -0.2) is 19.7 Å². The molecular weight excluding hydrogens is 292 g/mol. The predicted molar refractivity (Wildman–Crippen MR) is 82.6 cm³/mol. The van der Waals surface area contributed by atoms with Gasteiger partial charge < -0.3 is 0 Å². The maximum absolute atomic E-state index is 6.20. The van der Waals surface area contributed by atoms with Gasteiger partial charge in [-0.15, -0.1) is 11.3 Å². The summed E-state index contributed by atoms with van der Waals surface area (Å²) >= 11 is 7.78. The number of aromatic nitrogens is 4. The average molecular weight is 307 g/mol. The lowest BCUT2D eigenvalue weighted by Crippen LogP contribution is -2.08. The Morgan fingerprint density at radius 1 is 1.30 bits per heavy atom. The van der Waals surface area contributed by atoms with Crippen LogP contribution in [0.25, 0.3) is 10.2 Å². The van der Waals surface area contributed by atoms with E-state index >= 15 is 0 Å². The summed E-state index contributed by atoms with van der Waals surface area (Å²) in [6.07, 6.45) is 0.989. The molecule has 104 valence electrons. The Kier molecular flexibility index (Phi) is 3.48. The minimum absolute atomic E-state index is 0.517. The Hall–Kier alpha value is -1.46. The number of halogens is 1. The van der Waals surface area contributed by atoms with Gasteiger partial charge in [-0.3, -0.25) is 4.68 Å². The Morgan fingerprint density at radius 2 is 2.10 bits per heavy atom. The van der Waals surface area contributed by atoms with E-state index in [-0.39, 0.29) is 0 Å². The Bertz CT molecular complexity index is 775. The van der Waals surface area contributed by atoms with Gasteiger partial charge in [-0.2, -0.15) is 5.10 Å². The summed E-state index contributed by atoms with van der Waals surface area (Å²) in [4.78, 5) is 9.86. The van der Waals surface area contributed by atoms with Crippen LogP contribution in [0.1, 0.15) is 29.7 Å². The number of nitrogens with zero attached hydrogens (tertiary/aromatic N) is 4. The van der Waals surface area contributed by atoms with Gasteiger partial charge in [0, 0.05) is 11.1 Å². The van der Waals surface area contributed by atoms with E-state index in [1.54, 1.807) is 11.3 Å². The molecule has 0 amide bonds. The number of aryl methyl sites for hydroxylation is 1. The van der Waals surface area contributed by atoms with E-state index in [1.165, 1.54) is 11.3 Å². The fourth-order valence-corrected chi connectivity index (χ4v) is 3.55. The van der Waals surface area contributed by atoms with E-state index < -0.39 is 0 Å². The highest BCUT2D eigenvalue weighted by molar-refractivity contribution is 7.16. The Morgan fingerprint density at radius 3 is 2.80 bits per heavy atom. The highest BCUT2D eigenvalue weighted by Crippen LogP contribution is 2.25. The van der Waals surface area contributed by atoms with Crippen molar-refractivity contribution < 1.29 is 0 Å². The van der Waals surface area contributed by atoms with E-state index in [4.69, 9.17) is 11.6 Å². The monoisotopic (exact) mass is 306 g/mol. The van der Waals surface area contributed by atoms with E-state index in [0.717, 1.165) is 22.3 Å². The van der Waals surface area contributed by atoms with Crippen molar-refractivity contribution in [2.45, 2.75) is 33.7 Å². The van der Waals surface area contributed by atoms with Crippen LogP contribution in [0.5, 0.6) is 0 Å². The van der Waals surface area contributed by atoms with Crippen LogP contribution in [-0.2, 0) is 13.0 Å². The SMILES string of the molecule is CCc1c(C)nn(Cc2nc(Cl)c3ccsc3n2)c1C. The first-order valence-corrected chi connectivity index (χ1v) is 7.78. The third-order valence-corrected chi connectivity index (χ3v) is 4.60. The molecule has 0 aliphatic carbocycles. The first-order chi connectivity index (χ1) is 9.60. The predicted octanol–water partition coefficient (Wildman–Crippen LogP) is 3.77. The molecule has 0 fully saturated rings. The molecule has 20 heavy (non-hydrogen) atoms. The third-order valence-electron chi connectivity index (χ3n) is 3.50. The van der Waals surface area contributed by atoms with Crippen LogP contribution in [0.3, 0.4) is 0 Å². The molecule has 3 heterocycles. The number of rotatable bonds is 3. The summed E-state index contributed by atoms with van der Waals surface area (Å²) in [5, 5.41) is 7.99. The van der Waals surface area contributed by atoms with Crippen LogP contribution < -0.4 is 0 Å². The van der Waals surface area contributed by atoms with Crippen molar-refractivity contribution in [3.63, 3.8) is 0 Å². The van der Waals surface area contributed by atoms with Crippen LogP contribution in [0, 0.1) is 13.8 Å².